The molecule has 2 heterocycles. The average Bonchev–Trinajstić information content (AvgIpc) is 2.68. The van der Waals surface area contributed by atoms with Gasteiger partial charge in [0.15, 0.2) is 6.04 Å². The highest BCUT2D eigenvalue weighted by molar-refractivity contribution is 6.39. The number of aliphatic hydroxyl groups excluding tert-OH is 1. The molecule has 1 saturated carbocycles. The SMILES string of the molecule is C[C@@H]1C[CH+][C@@H](C2CCC(O)CC2)N(C(=O)C(=O)Nc2cncc(C(N)=O)c2)C1. The van der Waals surface area contributed by atoms with Crippen molar-refractivity contribution >= 4 is 23.4 Å². The summed E-state index contributed by atoms with van der Waals surface area (Å²) < 4.78 is 0. The minimum absolute atomic E-state index is 0.1000. The molecule has 1 aliphatic carbocycles. The third kappa shape index (κ3) is 4.62. The Morgan fingerprint density at radius 2 is 1.96 bits per heavy atom. The lowest BCUT2D eigenvalue weighted by molar-refractivity contribution is -0.146. The van der Waals surface area contributed by atoms with E-state index < -0.39 is 17.7 Å². The van der Waals surface area contributed by atoms with Gasteiger partial charge in [-0.15, -0.1) is 0 Å². The molecule has 0 bridgehead atoms. The number of nitrogens with one attached hydrogen (secondary N) is 1. The maximum absolute atomic E-state index is 12.9. The minimum atomic E-state index is -0.758. The number of aromatic nitrogens is 1. The summed E-state index contributed by atoms with van der Waals surface area (Å²) >= 11 is 0. The molecule has 0 spiro atoms. The lowest BCUT2D eigenvalue weighted by Gasteiger charge is -2.38. The van der Waals surface area contributed by atoms with Gasteiger partial charge in [-0.05, 0) is 31.7 Å². The van der Waals surface area contributed by atoms with Crippen molar-refractivity contribution in [3.63, 3.8) is 0 Å². The molecule has 1 saturated heterocycles. The number of primary amides is 1. The van der Waals surface area contributed by atoms with E-state index in [0.717, 1.165) is 32.1 Å². The third-order valence-electron chi connectivity index (χ3n) is 5.61. The van der Waals surface area contributed by atoms with Crippen LogP contribution in [0.25, 0.3) is 0 Å². The standard InChI is InChI=1S/C20H26N4O4/c1-12-2-7-17(13-3-5-16(25)6-4-13)24(11-12)20(28)19(27)23-15-8-14(18(21)26)9-22-10-15/h7-10,12-13,16-17,25H,2-6,11H2,1H3,(H2-,21,23,26,27)/p+1/t12-,13?,16?,17+/m1/s1. The van der Waals surface area contributed by atoms with E-state index in [1.807, 2.05) is 0 Å². The van der Waals surface area contributed by atoms with Crippen molar-refractivity contribution in [2.45, 2.75) is 51.2 Å². The predicted octanol–water partition coefficient (Wildman–Crippen LogP) is 1.11. The molecule has 3 rings (SSSR count). The zero-order valence-corrected chi connectivity index (χ0v) is 16.0. The Balaban J connectivity index is 1.71. The number of hydrogen-bond donors (Lipinski definition) is 3. The van der Waals surface area contributed by atoms with E-state index in [1.165, 1.54) is 18.5 Å². The van der Waals surface area contributed by atoms with Crippen LogP contribution in [0.4, 0.5) is 5.69 Å². The van der Waals surface area contributed by atoms with E-state index in [2.05, 4.69) is 23.6 Å². The number of carbonyl (C=O) groups excluding carboxylic acids is 3. The Labute approximate surface area is 164 Å². The Morgan fingerprint density at radius 3 is 2.64 bits per heavy atom. The zero-order valence-electron chi connectivity index (χ0n) is 16.0. The molecule has 0 radical (unpaired) electrons. The van der Waals surface area contributed by atoms with Gasteiger partial charge in [0.1, 0.15) is 6.42 Å². The lowest BCUT2D eigenvalue weighted by atomic mass is 9.77. The zero-order chi connectivity index (χ0) is 20.3. The highest BCUT2D eigenvalue weighted by Gasteiger charge is 2.44. The molecule has 1 aromatic rings. The van der Waals surface area contributed by atoms with Gasteiger partial charge in [-0.1, -0.05) is 6.92 Å². The summed E-state index contributed by atoms with van der Waals surface area (Å²) in [6, 6.07) is 1.29. The van der Waals surface area contributed by atoms with Gasteiger partial charge in [-0.2, -0.15) is 0 Å². The van der Waals surface area contributed by atoms with Gasteiger partial charge in [0.25, 0.3) is 0 Å². The van der Waals surface area contributed by atoms with Gasteiger partial charge >= 0.3 is 11.8 Å². The smallest absolute Gasteiger partial charge is 0.315 e. The van der Waals surface area contributed by atoms with Crippen molar-refractivity contribution in [3.8, 4) is 0 Å². The number of likely N-dealkylation sites (tertiary alicyclic amines) is 1. The Kier molecular flexibility index (Phi) is 6.18. The van der Waals surface area contributed by atoms with Crippen LogP contribution in [0, 0.1) is 18.3 Å². The number of anilines is 1. The number of carbonyl (C=O) groups is 3. The normalized spacial score (nSPS) is 27.6. The highest BCUT2D eigenvalue weighted by atomic mass is 16.3. The Bertz CT molecular complexity index is 745. The first-order valence-electron chi connectivity index (χ1n) is 9.73. The molecular weight excluding hydrogens is 360 g/mol. The van der Waals surface area contributed by atoms with Crippen LogP contribution < -0.4 is 11.1 Å². The Hall–Kier alpha value is -2.61. The second-order valence-electron chi connectivity index (χ2n) is 7.87. The molecule has 2 atom stereocenters. The molecule has 4 N–H and O–H groups in total. The second kappa shape index (κ2) is 8.60. The van der Waals surface area contributed by atoms with Crippen LogP contribution in [0.1, 0.15) is 49.4 Å². The first-order valence-corrected chi connectivity index (χ1v) is 9.73. The molecule has 1 aliphatic heterocycles. The van der Waals surface area contributed by atoms with Crippen LogP contribution in [-0.2, 0) is 9.59 Å². The van der Waals surface area contributed by atoms with Crippen LogP contribution in [0.5, 0.6) is 0 Å². The molecule has 2 aliphatic rings. The molecule has 3 amide bonds. The van der Waals surface area contributed by atoms with E-state index in [9.17, 15) is 19.5 Å². The van der Waals surface area contributed by atoms with Crippen LogP contribution in [0.3, 0.4) is 0 Å². The number of piperidine rings is 1. The summed E-state index contributed by atoms with van der Waals surface area (Å²) in [5, 5.41) is 12.3. The van der Waals surface area contributed by atoms with E-state index in [0.29, 0.717) is 6.54 Å². The van der Waals surface area contributed by atoms with Gasteiger partial charge in [0.05, 0.1) is 30.0 Å². The van der Waals surface area contributed by atoms with Gasteiger partial charge < -0.3 is 16.2 Å². The predicted molar refractivity (Wildman–Crippen MR) is 103 cm³/mol. The molecule has 8 heteroatoms. The molecular formula is C20H27N4O4+. The number of nitrogens with two attached hydrogens (primary N) is 1. The van der Waals surface area contributed by atoms with E-state index >= 15 is 0 Å². The molecule has 2 fully saturated rings. The van der Waals surface area contributed by atoms with Crippen molar-refractivity contribution in [3.05, 3.63) is 30.4 Å². The van der Waals surface area contributed by atoms with Crippen molar-refractivity contribution in [2.75, 3.05) is 11.9 Å². The topological polar surface area (TPSA) is 126 Å². The fourth-order valence-corrected chi connectivity index (χ4v) is 4.10. The molecule has 28 heavy (non-hydrogen) atoms. The van der Waals surface area contributed by atoms with E-state index in [1.54, 1.807) is 4.90 Å². The maximum atomic E-state index is 12.9. The van der Waals surface area contributed by atoms with Crippen LogP contribution in [-0.4, -0.2) is 51.4 Å². The van der Waals surface area contributed by atoms with Gasteiger partial charge in [-0.3, -0.25) is 24.3 Å². The quantitative estimate of drug-likeness (QED) is 0.529. The summed E-state index contributed by atoms with van der Waals surface area (Å²) in [5.41, 5.74) is 5.63. The largest absolute Gasteiger partial charge is 0.393 e. The Morgan fingerprint density at radius 1 is 1.25 bits per heavy atom. The fourth-order valence-electron chi connectivity index (χ4n) is 4.10. The van der Waals surface area contributed by atoms with Crippen molar-refractivity contribution in [2.24, 2.45) is 17.6 Å². The number of hydrogen-bond acceptors (Lipinski definition) is 5. The lowest BCUT2D eigenvalue weighted by Crippen LogP contribution is -2.54. The third-order valence-corrected chi connectivity index (χ3v) is 5.61. The minimum Gasteiger partial charge on any atom is -0.393 e. The van der Waals surface area contributed by atoms with Gasteiger partial charge in [0.2, 0.25) is 5.91 Å². The second-order valence-corrected chi connectivity index (χ2v) is 7.87. The number of pyridine rings is 1. The summed E-state index contributed by atoms with van der Waals surface area (Å²) in [6.45, 7) is 2.57. The number of rotatable bonds is 3. The molecule has 8 nitrogen and oxygen atoms in total. The van der Waals surface area contributed by atoms with Crippen LogP contribution in [0.15, 0.2) is 18.5 Å². The number of nitrogens with zero attached hydrogens (tertiary/aromatic N) is 2. The van der Waals surface area contributed by atoms with Gasteiger partial charge in [-0.25, -0.2) is 0 Å². The molecule has 0 unspecified atom stereocenters. The van der Waals surface area contributed by atoms with E-state index in [4.69, 9.17) is 5.73 Å². The monoisotopic (exact) mass is 387 g/mol. The highest BCUT2D eigenvalue weighted by Crippen LogP contribution is 2.34. The summed E-state index contributed by atoms with van der Waals surface area (Å²) in [7, 11) is 0. The van der Waals surface area contributed by atoms with Crippen LogP contribution in [0.2, 0.25) is 0 Å². The van der Waals surface area contributed by atoms with Crippen molar-refractivity contribution < 1.29 is 19.5 Å². The summed E-state index contributed by atoms with van der Waals surface area (Å²) in [5.74, 6) is -1.47. The molecule has 150 valence electrons. The summed E-state index contributed by atoms with van der Waals surface area (Å²) in [4.78, 5) is 42.3. The fraction of sp³-hybridized carbons (Fsp3) is 0.550. The molecule has 1 aromatic heterocycles. The summed E-state index contributed by atoms with van der Waals surface area (Å²) in [6.07, 6.45) is 8.57. The average molecular weight is 387 g/mol. The number of aliphatic hydroxyl groups is 1. The maximum Gasteiger partial charge on any atom is 0.315 e. The van der Waals surface area contributed by atoms with Gasteiger partial charge in [0, 0.05) is 24.6 Å². The molecule has 0 aromatic carbocycles. The van der Waals surface area contributed by atoms with Crippen molar-refractivity contribution in [1.29, 1.82) is 0 Å². The first kappa shape index (κ1) is 20.1. The first-order chi connectivity index (χ1) is 13.3. The number of amides is 3. The van der Waals surface area contributed by atoms with Crippen molar-refractivity contribution in [1.82, 2.24) is 9.88 Å². The van der Waals surface area contributed by atoms with E-state index in [-0.39, 0.29) is 35.2 Å². The van der Waals surface area contributed by atoms with Crippen LogP contribution >= 0.6 is 0 Å².